The van der Waals surface area contributed by atoms with E-state index in [1.165, 1.54) is 16.7 Å². The normalized spacial score (nSPS) is 10.4. The maximum Gasteiger partial charge on any atom is 0.224 e. The number of aromatic nitrogens is 1. The van der Waals surface area contributed by atoms with Crippen molar-refractivity contribution >= 4 is 11.6 Å². The lowest BCUT2D eigenvalue weighted by Crippen LogP contribution is -2.30. The van der Waals surface area contributed by atoms with Crippen LogP contribution in [-0.2, 0) is 11.2 Å². The Balaban J connectivity index is 1.74. The number of amides is 1. The highest BCUT2D eigenvalue weighted by molar-refractivity contribution is 5.76. The number of anilines is 1. The van der Waals surface area contributed by atoms with Crippen LogP contribution in [0.2, 0.25) is 0 Å². The average Bonchev–Trinajstić information content (AvgIpc) is 2.56. The summed E-state index contributed by atoms with van der Waals surface area (Å²) in [6.07, 6.45) is 4.92. The molecule has 1 amide bonds. The fourth-order valence-corrected chi connectivity index (χ4v) is 2.39. The number of rotatable bonds is 7. The van der Waals surface area contributed by atoms with Gasteiger partial charge in [-0.1, -0.05) is 12.1 Å². The van der Waals surface area contributed by atoms with E-state index in [1.54, 1.807) is 17.3 Å². The molecule has 0 unspecified atom stereocenters. The molecule has 0 saturated heterocycles. The van der Waals surface area contributed by atoms with Gasteiger partial charge < -0.3 is 10.2 Å². The third-order valence-electron chi connectivity index (χ3n) is 3.96. The molecule has 2 aromatic rings. The zero-order valence-corrected chi connectivity index (χ0v) is 14.2. The molecule has 0 aliphatic rings. The van der Waals surface area contributed by atoms with Crippen molar-refractivity contribution in [2.75, 3.05) is 25.5 Å². The van der Waals surface area contributed by atoms with Gasteiger partial charge in [-0.3, -0.25) is 9.78 Å². The number of hydrogen-bond acceptors (Lipinski definition) is 3. The van der Waals surface area contributed by atoms with Gasteiger partial charge in [-0.15, -0.1) is 0 Å². The molecule has 1 N–H and O–H groups in total. The van der Waals surface area contributed by atoms with E-state index in [9.17, 15) is 4.79 Å². The first-order valence-electron chi connectivity index (χ1n) is 8.00. The Bertz CT molecular complexity index is 640. The van der Waals surface area contributed by atoms with E-state index in [-0.39, 0.29) is 5.91 Å². The molecule has 4 nitrogen and oxygen atoms in total. The van der Waals surface area contributed by atoms with Crippen molar-refractivity contribution in [3.63, 3.8) is 0 Å². The Labute approximate surface area is 138 Å². The fourth-order valence-electron chi connectivity index (χ4n) is 2.39. The standard InChI is InChI=1S/C19H25N3O/c1-15-4-5-16(2)18(14-15)21-12-8-19(23)22(3)13-9-17-6-10-20-11-7-17/h4-7,10-11,14,21H,8-9,12-13H2,1-3H3. The summed E-state index contributed by atoms with van der Waals surface area (Å²) in [5.41, 5.74) is 4.73. The molecule has 1 heterocycles. The third-order valence-corrected chi connectivity index (χ3v) is 3.96. The predicted molar refractivity (Wildman–Crippen MR) is 94.6 cm³/mol. The summed E-state index contributed by atoms with van der Waals surface area (Å²) < 4.78 is 0. The van der Waals surface area contributed by atoms with Crippen LogP contribution < -0.4 is 5.32 Å². The van der Waals surface area contributed by atoms with Crippen molar-refractivity contribution < 1.29 is 4.79 Å². The Morgan fingerprint density at radius 3 is 2.65 bits per heavy atom. The molecule has 0 aliphatic carbocycles. The Morgan fingerprint density at radius 2 is 1.91 bits per heavy atom. The summed E-state index contributed by atoms with van der Waals surface area (Å²) in [5.74, 6) is 0.164. The zero-order valence-electron chi connectivity index (χ0n) is 14.2. The molecule has 0 fully saturated rings. The number of carbonyl (C=O) groups is 1. The summed E-state index contributed by atoms with van der Waals surface area (Å²) in [6, 6.07) is 10.3. The molecule has 0 atom stereocenters. The molecule has 1 aromatic carbocycles. The molecule has 0 radical (unpaired) electrons. The molecular weight excluding hydrogens is 286 g/mol. The van der Waals surface area contributed by atoms with Crippen LogP contribution in [0.1, 0.15) is 23.1 Å². The monoisotopic (exact) mass is 311 g/mol. The van der Waals surface area contributed by atoms with Gasteiger partial charge in [0.2, 0.25) is 5.91 Å². The van der Waals surface area contributed by atoms with Crippen molar-refractivity contribution in [2.45, 2.75) is 26.7 Å². The largest absolute Gasteiger partial charge is 0.384 e. The first-order chi connectivity index (χ1) is 11.1. The van der Waals surface area contributed by atoms with E-state index in [4.69, 9.17) is 0 Å². The van der Waals surface area contributed by atoms with E-state index in [2.05, 4.69) is 42.3 Å². The minimum absolute atomic E-state index is 0.164. The van der Waals surface area contributed by atoms with E-state index in [0.29, 0.717) is 13.0 Å². The second kappa shape index (κ2) is 8.32. The summed E-state index contributed by atoms with van der Waals surface area (Å²) in [7, 11) is 1.86. The summed E-state index contributed by atoms with van der Waals surface area (Å²) in [4.78, 5) is 18.0. The van der Waals surface area contributed by atoms with Crippen LogP contribution in [0, 0.1) is 13.8 Å². The second-order valence-corrected chi connectivity index (χ2v) is 5.92. The van der Waals surface area contributed by atoms with Crippen LogP contribution in [0.15, 0.2) is 42.7 Å². The van der Waals surface area contributed by atoms with E-state index in [0.717, 1.165) is 18.7 Å². The Kier molecular flexibility index (Phi) is 6.15. The van der Waals surface area contributed by atoms with E-state index in [1.807, 2.05) is 19.2 Å². The molecular formula is C19H25N3O. The van der Waals surface area contributed by atoms with Gasteiger partial charge in [0, 0.05) is 44.6 Å². The van der Waals surface area contributed by atoms with Crippen LogP contribution in [0.25, 0.3) is 0 Å². The lowest BCUT2D eigenvalue weighted by Gasteiger charge is -2.18. The first kappa shape index (κ1) is 17.0. The second-order valence-electron chi connectivity index (χ2n) is 5.92. The molecule has 2 rings (SSSR count). The van der Waals surface area contributed by atoms with Crippen molar-refractivity contribution in [2.24, 2.45) is 0 Å². The number of likely N-dealkylation sites (N-methyl/N-ethyl adjacent to an activating group) is 1. The maximum atomic E-state index is 12.2. The summed E-state index contributed by atoms with van der Waals surface area (Å²) in [5, 5.41) is 3.36. The number of nitrogens with one attached hydrogen (secondary N) is 1. The smallest absolute Gasteiger partial charge is 0.224 e. The van der Waals surface area contributed by atoms with Crippen LogP contribution in [0.5, 0.6) is 0 Å². The molecule has 0 spiro atoms. The van der Waals surface area contributed by atoms with Crippen molar-refractivity contribution in [3.05, 3.63) is 59.4 Å². The summed E-state index contributed by atoms with van der Waals surface area (Å²) >= 11 is 0. The number of nitrogens with zero attached hydrogens (tertiary/aromatic N) is 2. The number of pyridine rings is 1. The van der Waals surface area contributed by atoms with Crippen LogP contribution in [-0.4, -0.2) is 35.9 Å². The minimum atomic E-state index is 0.164. The lowest BCUT2D eigenvalue weighted by molar-refractivity contribution is -0.129. The molecule has 0 aliphatic heterocycles. The third kappa shape index (κ3) is 5.40. The van der Waals surface area contributed by atoms with Gasteiger partial charge in [0.1, 0.15) is 0 Å². The first-order valence-corrected chi connectivity index (χ1v) is 8.00. The van der Waals surface area contributed by atoms with Gasteiger partial charge in [0.25, 0.3) is 0 Å². The fraction of sp³-hybridized carbons (Fsp3) is 0.368. The maximum absolute atomic E-state index is 12.2. The van der Waals surface area contributed by atoms with Gasteiger partial charge in [0.05, 0.1) is 0 Å². The molecule has 4 heteroatoms. The highest BCUT2D eigenvalue weighted by Crippen LogP contribution is 2.16. The van der Waals surface area contributed by atoms with Gasteiger partial charge >= 0.3 is 0 Å². The number of carbonyl (C=O) groups excluding carboxylic acids is 1. The quantitative estimate of drug-likeness (QED) is 0.854. The lowest BCUT2D eigenvalue weighted by atomic mass is 10.1. The van der Waals surface area contributed by atoms with Gasteiger partial charge in [-0.2, -0.15) is 0 Å². The number of aryl methyl sites for hydroxylation is 2. The SMILES string of the molecule is Cc1ccc(C)c(NCCC(=O)N(C)CCc2ccncc2)c1. The Morgan fingerprint density at radius 1 is 1.17 bits per heavy atom. The van der Waals surface area contributed by atoms with Crippen LogP contribution in [0.3, 0.4) is 0 Å². The Hall–Kier alpha value is -2.36. The molecule has 122 valence electrons. The van der Waals surface area contributed by atoms with Crippen LogP contribution in [0.4, 0.5) is 5.69 Å². The molecule has 0 bridgehead atoms. The molecule has 1 aromatic heterocycles. The van der Waals surface area contributed by atoms with Crippen molar-refractivity contribution in [1.29, 1.82) is 0 Å². The zero-order chi connectivity index (χ0) is 16.7. The highest BCUT2D eigenvalue weighted by atomic mass is 16.2. The summed E-state index contributed by atoms with van der Waals surface area (Å²) in [6.45, 7) is 5.53. The average molecular weight is 311 g/mol. The number of benzene rings is 1. The predicted octanol–water partition coefficient (Wildman–Crippen LogP) is 3.20. The molecule has 0 saturated carbocycles. The minimum Gasteiger partial charge on any atom is -0.384 e. The van der Waals surface area contributed by atoms with Gasteiger partial charge in [-0.25, -0.2) is 0 Å². The van der Waals surface area contributed by atoms with E-state index < -0.39 is 0 Å². The molecule has 23 heavy (non-hydrogen) atoms. The van der Waals surface area contributed by atoms with Crippen molar-refractivity contribution in [1.82, 2.24) is 9.88 Å². The van der Waals surface area contributed by atoms with Crippen LogP contribution >= 0.6 is 0 Å². The number of hydrogen-bond donors (Lipinski definition) is 1. The van der Waals surface area contributed by atoms with Gasteiger partial charge in [-0.05, 0) is 55.2 Å². The van der Waals surface area contributed by atoms with E-state index >= 15 is 0 Å². The van der Waals surface area contributed by atoms with Crippen molar-refractivity contribution in [3.8, 4) is 0 Å². The topological polar surface area (TPSA) is 45.2 Å². The van der Waals surface area contributed by atoms with Gasteiger partial charge in [0.15, 0.2) is 0 Å². The highest BCUT2D eigenvalue weighted by Gasteiger charge is 2.08.